The summed E-state index contributed by atoms with van der Waals surface area (Å²) in [7, 11) is -2.76. The van der Waals surface area contributed by atoms with Crippen molar-refractivity contribution in [2.75, 3.05) is 30.8 Å². The highest BCUT2D eigenvalue weighted by Gasteiger charge is 2.33. The molecular weight excluding hydrogens is 494 g/mol. The molecule has 1 heterocycles. The molecule has 9 nitrogen and oxygen atoms in total. The Morgan fingerprint density at radius 2 is 1.66 bits per heavy atom. The van der Waals surface area contributed by atoms with Gasteiger partial charge in [-0.1, -0.05) is 0 Å². The number of sulfonamides is 1. The molecule has 0 fully saturated rings. The summed E-state index contributed by atoms with van der Waals surface area (Å²) in [4.78, 5) is 18.7. The van der Waals surface area contributed by atoms with Crippen LogP contribution >= 0.6 is 0 Å². The monoisotopic (exact) mass is 513 g/mol. The number of carbonyl (C=O) groups is 1. The van der Waals surface area contributed by atoms with E-state index in [0.717, 1.165) is 12.1 Å². The third-order valence-corrected chi connectivity index (χ3v) is 5.90. The van der Waals surface area contributed by atoms with Crippen molar-refractivity contribution >= 4 is 33.4 Å². The van der Waals surface area contributed by atoms with Crippen molar-refractivity contribution < 1.29 is 35.5 Å². The van der Waals surface area contributed by atoms with E-state index in [2.05, 4.69) is 30.1 Å². The Hall–Kier alpha value is -3.78. The van der Waals surface area contributed by atoms with Crippen molar-refractivity contribution in [3.05, 3.63) is 71.7 Å². The average molecular weight is 513 g/mol. The number of nitrogens with one attached hydrogen (secondary N) is 3. The summed E-state index contributed by atoms with van der Waals surface area (Å²) in [5, 5.41) is 5.17. The van der Waals surface area contributed by atoms with Crippen molar-refractivity contribution in [2.45, 2.75) is 11.1 Å². The van der Waals surface area contributed by atoms with E-state index in [0.29, 0.717) is 11.8 Å². The van der Waals surface area contributed by atoms with Crippen LogP contribution in [0.2, 0.25) is 0 Å². The van der Waals surface area contributed by atoms with Gasteiger partial charge in [0.1, 0.15) is 11.6 Å². The summed E-state index contributed by atoms with van der Waals surface area (Å²) in [6.07, 6.45) is -4.77. The van der Waals surface area contributed by atoms with Crippen LogP contribution in [-0.4, -0.2) is 44.6 Å². The summed E-state index contributed by atoms with van der Waals surface area (Å²) < 4.78 is 84.4. The number of aromatic nitrogens is 2. The quantitative estimate of drug-likeness (QED) is 0.226. The van der Waals surface area contributed by atoms with Crippen LogP contribution in [-0.2, 0) is 20.9 Å². The molecule has 0 aliphatic heterocycles. The predicted molar refractivity (Wildman–Crippen MR) is 118 cm³/mol. The highest BCUT2D eigenvalue weighted by atomic mass is 32.2. The number of halogens is 4. The van der Waals surface area contributed by atoms with E-state index < -0.39 is 39.6 Å². The molecule has 0 amide bonds. The van der Waals surface area contributed by atoms with Gasteiger partial charge in [-0.3, -0.25) is 0 Å². The highest BCUT2D eigenvalue weighted by Crippen LogP contribution is 2.30. The standard InChI is InChI=1S/C21H19F4N5O4S/c1-34-19(31)13-2-8-16(9-3-13)35(32,33)27-11-10-26-20-29-17(21(23,24)25)12-18(30-20)28-15-6-4-14(22)5-7-15/h2-9,12,27H,10-11H2,1H3,(H2,26,28,29,30). The fourth-order valence-corrected chi connectivity index (χ4v) is 3.78. The summed E-state index contributed by atoms with van der Waals surface area (Å²) in [5.41, 5.74) is -0.763. The zero-order valence-electron chi connectivity index (χ0n) is 18.1. The van der Waals surface area contributed by atoms with Crippen LogP contribution in [0.1, 0.15) is 16.1 Å². The van der Waals surface area contributed by atoms with E-state index in [4.69, 9.17) is 0 Å². The number of anilines is 3. The first-order valence-corrected chi connectivity index (χ1v) is 11.4. The lowest BCUT2D eigenvalue weighted by molar-refractivity contribution is -0.141. The van der Waals surface area contributed by atoms with Crippen LogP contribution in [0.15, 0.2) is 59.5 Å². The summed E-state index contributed by atoms with van der Waals surface area (Å²) in [6.45, 7) is -0.349. The van der Waals surface area contributed by atoms with Gasteiger partial charge in [0.05, 0.1) is 17.6 Å². The number of ether oxygens (including phenoxy) is 1. The van der Waals surface area contributed by atoms with Gasteiger partial charge in [-0.05, 0) is 48.5 Å². The number of rotatable bonds is 9. The second kappa shape index (κ2) is 10.7. The second-order valence-electron chi connectivity index (χ2n) is 6.93. The third kappa shape index (κ3) is 7.10. The number of alkyl halides is 3. The Bertz CT molecular complexity index is 1280. The molecule has 1 aromatic heterocycles. The first-order valence-electron chi connectivity index (χ1n) is 9.89. The van der Waals surface area contributed by atoms with Crippen LogP contribution in [0.3, 0.4) is 0 Å². The molecule has 2 aromatic carbocycles. The van der Waals surface area contributed by atoms with Gasteiger partial charge in [-0.15, -0.1) is 0 Å². The smallest absolute Gasteiger partial charge is 0.433 e. The molecule has 3 aromatic rings. The Balaban J connectivity index is 1.66. The molecule has 3 rings (SSSR count). The first kappa shape index (κ1) is 25.8. The van der Waals surface area contributed by atoms with Crippen molar-refractivity contribution in [1.29, 1.82) is 0 Å². The van der Waals surface area contributed by atoms with E-state index >= 15 is 0 Å². The lowest BCUT2D eigenvalue weighted by Crippen LogP contribution is -2.29. The van der Waals surface area contributed by atoms with Crippen LogP contribution in [0.25, 0.3) is 0 Å². The minimum Gasteiger partial charge on any atom is -0.465 e. The van der Waals surface area contributed by atoms with Crippen LogP contribution < -0.4 is 15.4 Å². The normalized spacial score (nSPS) is 11.7. The van der Waals surface area contributed by atoms with Gasteiger partial charge in [0.15, 0.2) is 5.69 Å². The molecule has 35 heavy (non-hydrogen) atoms. The summed E-state index contributed by atoms with van der Waals surface area (Å²) >= 11 is 0. The molecule has 14 heteroatoms. The van der Waals surface area contributed by atoms with Crippen molar-refractivity contribution in [3.8, 4) is 0 Å². The van der Waals surface area contributed by atoms with E-state index in [9.17, 15) is 30.8 Å². The van der Waals surface area contributed by atoms with E-state index in [1.165, 1.54) is 43.5 Å². The molecule has 0 saturated carbocycles. The molecule has 0 spiro atoms. The van der Waals surface area contributed by atoms with Gasteiger partial charge in [-0.2, -0.15) is 18.2 Å². The maximum Gasteiger partial charge on any atom is 0.433 e. The molecule has 186 valence electrons. The van der Waals surface area contributed by atoms with E-state index in [-0.39, 0.29) is 29.4 Å². The maximum atomic E-state index is 13.3. The molecule has 0 aliphatic carbocycles. The molecule has 0 radical (unpaired) electrons. The number of benzene rings is 2. The van der Waals surface area contributed by atoms with Gasteiger partial charge in [0.2, 0.25) is 16.0 Å². The zero-order valence-corrected chi connectivity index (χ0v) is 18.9. The van der Waals surface area contributed by atoms with Crippen LogP contribution in [0.5, 0.6) is 0 Å². The minimum atomic E-state index is -4.77. The van der Waals surface area contributed by atoms with Crippen molar-refractivity contribution in [1.82, 2.24) is 14.7 Å². The molecular formula is C21H19F4N5O4S. The number of hydrogen-bond acceptors (Lipinski definition) is 8. The Kier molecular flexibility index (Phi) is 7.86. The maximum absolute atomic E-state index is 13.3. The van der Waals surface area contributed by atoms with E-state index in [1.807, 2.05) is 0 Å². The van der Waals surface area contributed by atoms with Crippen molar-refractivity contribution in [2.24, 2.45) is 0 Å². The fraction of sp³-hybridized carbons (Fsp3) is 0.190. The number of nitrogens with zero attached hydrogens (tertiary/aromatic N) is 2. The third-order valence-electron chi connectivity index (χ3n) is 4.42. The van der Waals surface area contributed by atoms with Crippen LogP contribution in [0.4, 0.5) is 35.0 Å². The summed E-state index contributed by atoms with van der Waals surface area (Å²) in [5.74, 6) is -1.74. The van der Waals surface area contributed by atoms with Gasteiger partial charge in [-0.25, -0.2) is 27.3 Å². The summed E-state index contributed by atoms with van der Waals surface area (Å²) in [6, 6.07) is 10.6. The molecule has 0 aliphatic rings. The molecule has 0 bridgehead atoms. The fourth-order valence-electron chi connectivity index (χ4n) is 2.75. The number of hydrogen-bond donors (Lipinski definition) is 3. The molecule has 0 saturated heterocycles. The van der Waals surface area contributed by atoms with Gasteiger partial charge in [0, 0.05) is 24.8 Å². The highest BCUT2D eigenvalue weighted by molar-refractivity contribution is 7.89. The molecule has 0 atom stereocenters. The largest absolute Gasteiger partial charge is 0.465 e. The Morgan fingerprint density at radius 3 is 2.26 bits per heavy atom. The topological polar surface area (TPSA) is 122 Å². The second-order valence-corrected chi connectivity index (χ2v) is 8.70. The number of esters is 1. The van der Waals surface area contributed by atoms with Gasteiger partial charge in [0.25, 0.3) is 0 Å². The predicted octanol–water partition coefficient (Wildman–Crippen LogP) is 3.56. The number of methoxy groups -OCH3 is 1. The van der Waals surface area contributed by atoms with E-state index in [1.54, 1.807) is 0 Å². The molecule has 0 unspecified atom stereocenters. The SMILES string of the molecule is COC(=O)c1ccc(S(=O)(=O)NCCNc2nc(Nc3ccc(F)cc3)cc(C(F)(F)F)n2)cc1. The lowest BCUT2D eigenvalue weighted by atomic mass is 10.2. The molecule has 3 N–H and O–H groups in total. The number of carbonyl (C=O) groups excluding carboxylic acids is 1. The van der Waals surface area contributed by atoms with Crippen LogP contribution in [0, 0.1) is 5.82 Å². The lowest BCUT2D eigenvalue weighted by Gasteiger charge is -2.13. The van der Waals surface area contributed by atoms with Gasteiger partial charge >= 0.3 is 12.1 Å². The van der Waals surface area contributed by atoms with Crippen molar-refractivity contribution in [3.63, 3.8) is 0 Å². The zero-order chi connectivity index (χ0) is 25.6. The van der Waals surface area contributed by atoms with Gasteiger partial charge < -0.3 is 15.4 Å². The minimum absolute atomic E-state index is 0.119. The average Bonchev–Trinajstić information content (AvgIpc) is 2.82. The Labute approximate surface area is 197 Å². The Morgan fingerprint density at radius 1 is 1.00 bits per heavy atom. The first-order chi connectivity index (χ1) is 16.5.